The number of rotatable bonds is 4. The maximum absolute atomic E-state index is 5.35. The Morgan fingerprint density at radius 1 is 1.25 bits per heavy atom. The van der Waals surface area contributed by atoms with Crippen molar-refractivity contribution in [2.75, 3.05) is 13.7 Å². The van der Waals surface area contributed by atoms with Crippen molar-refractivity contribution >= 4 is 0 Å². The van der Waals surface area contributed by atoms with Crippen molar-refractivity contribution < 1.29 is 4.74 Å². The zero-order valence-corrected chi connectivity index (χ0v) is 12.8. The Labute approximate surface area is 122 Å². The Morgan fingerprint density at radius 3 is 2.90 bits per heavy atom. The number of hydrogen-bond acceptors (Lipinski definition) is 2. The van der Waals surface area contributed by atoms with Gasteiger partial charge in [0.05, 0.1) is 7.11 Å². The molecule has 2 aliphatic rings. The Morgan fingerprint density at radius 2 is 2.15 bits per heavy atom. The van der Waals surface area contributed by atoms with Crippen LogP contribution in [0.5, 0.6) is 5.75 Å². The van der Waals surface area contributed by atoms with Crippen LogP contribution in [0.25, 0.3) is 0 Å². The molecule has 0 aliphatic heterocycles. The highest BCUT2D eigenvalue weighted by Crippen LogP contribution is 2.34. The van der Waals surface area contributed by atoms with Crippen LogP contribution in [0, 0.1) is 11.8 Å². The Bertz CT molecular complexity index is 457. The number of fused-ring (bicyclic) bond motifs is 1. The third-order valence-electron chi connectivity index (χ3n) is 5.12. The maximum Gasteiger partial charge on any atom is 0.119 e. The van der Waals surface area contributed by atoms with E-state index in [9.17, 15) is 0 Å². The van der Waals surface area contributed by atoms with Gasteiger partial charge in [-0.1, -0.05) is 19.4 Å². The van der Waals surface area contributed by atoms with Crippen LogP contribution in [-0.2, 0) is 6.42 Å². The lowest BCUT2D eigenvalue weighted by Crippen LogP contribution is -2.29. The van der Waals surface area contributed by atoms with Crippen LogP contribution in [0.4, 0.5) is 0 Å². The SMILES string of the molecule is COc1ccc2c(c1)CCCC2NCC1CCC(C)C1. The largest absolute Gasteiger partial charge is 0.497 e. The molecule has 0 saturated heterocycles. The number of methoxy groups -OCH3 is 1. The summed E-state index contributed by atoms with van der Waals surface area (Å²) >= 11 is 0. The van der Waals surface area contributed by atoms with E-state index in [1.54, 1.807) is 7.11 Å². The van der Waals surface area contributed by atoms with Gasteiger partial charge >= 0.3 is 0 Å². The van der Waals surface area contributed by atoms with Gasteiger partial charge in [0.2, 0.25) is 0 Å². The molecule has 20 heavy (non-hydrogen) atoms. The number of ether oxygens (including phenoxy) is 1. The van der Waals surface area contributed by atoms with E-state index in [-0.39, 0.29) is 0 Å². The zero-order valence-electron chi connectivity index (χ0n) is 12.8. The van der Waals surface area contributed by atoms with E-state index < -0.39 is 0 Å². The summed E-state index contributed by atoms with van der Waals surface area (Å²) in [6.07, 6.45) is 8.02. The summed E-state index contributed by atoms with van der Waals surface area (Å²) in [5.41, 5.74) is 2.98. The first-order valence-corrected chi connectivity index (χ1v) is 8.16. The molecule has 3 atom stereocenters. The average molecular weight is 273 g/mol. The molecule has 2 heteroatoms. The molecule has 0 radical (unpaired) electrons. The molecular formula is C18H27NO. The van der Waals surface area contributed by atoms with Crippen LogP contribution < -0.4 is 10.1 Å². The second-order valence-electron chi connectivity index (χ2n) is 6.70. The van der Waals surface area contributed by atoms with Crippen LogP contribution >= 0.6 is 0 Å². The molecule has 0 spiro atoms. The molecule has 1 saturated carbocycles. The number of benzene rings is 1. The zero-order chi connectivity index (χ0) is 13.9. The second kappa shape index (κ2) is 6.17. The van der Waals surface area contributed by atoms with E-state index in [2.05, 4.69) is 30.4 Å². The van der Waals surface area contributed by atoms with Gasteiger partial charge in [-0.25, -0.2) is 0 Å². The minimum atomic E-state index is 0.556. The molecule has 0 bridgehead atoms. The van der Waals surface area contributed by atoms with Gasteiger partial charge in [0.1, 0.15) is 5.75 Å². The predicted octanol–water partition coefficient (Wildman–Crippen LogP) is 4.10. The summed E-state index contributed by atoms with van der Waals surface area (Å²) in [7, 11) is 1.75. The third kappa shape index (κ3) is 3.01. The topological polar surface area (TPSA) is 21.3 Å². The van der Waals surface area contributed by atoms with Gasteiger partial charge in [0.25, 0.3) is 0 Å². The summed E-state index contributed by atoms with van der Waals surface area (Å²) in [5.74, 6) is 2.83. The molecule has 2 aliphatic carbocycles. The van der Waals surface area contributed by atoms with Gasteiger partial charge in [-0.05, 0) is 73.7 Å². The lowest BCUT2D eigenvalue weighted by atomic mass is 9.87. The van der Waals surface area contributed by atoms with Gasteiger partial charge in [-0.3, -0.25) is 0 Å². The number of nitrogens with one attached hydrogen (secondary N) is 1. The summed E-state index contributed by atoms with van der Waals surface area (Å²) in [5, 5.41) is 3.84. The minimum absolute atomic E-state index is 0.556. The van der Waals surface area contributed by atoms with E-state index in [1.165, 1.54) is 56.2 Å². The fraction of sp³-hybridized carbons (Fsp3) is 0.667. The Kier molecular flexibility index (Phi) is 4.30. The molecule has 3 rings (SSSR count). The summed E-state index contributed by atoms with van der Waals surface area (Å²) in [6, 6.07) is 7.15. The molecule has 2 nitrogen and oxygen atoms in total. The van der Waals surface area contributed by atoms with Gasteiger partial charge in [-0.2, -0.15) is 0 Å². The normalized spacial score (nSPS) is 29.2. The van der Waals surface area contributed by atoms with Gasteiger partial charge in [-0.15, -0.1) is 0 Å². The molecule has 0 amide bonds. The molecule has 1 fully saturated rings. The Hall–Kier alpha value is -1.02. The standard InChI is InChI=1S/C18H27NO/c1-13-6-7-14(10-13)12-19-18-5-3-4-15-11-16(20-2)8-9-17(15)18/h8-9,11,13-14,18-19H,3-7,10,12H2,1-2H3. The lowest BCUT2D eigenvalue weighted by Gasteiger charge is -2.28. The second-order valence-corrected chi connectivity index (χ2v) is 6.70. The number of aryl methyl sites for hydroxylation is 1. The highest BCUT2D eigenvalue weighted by molar-refractivity contribution is 5.39. The summed E-state index contributed by atoms with van der Waals surface area (Å²) in [4.78, 5) is 0. The molecule has 3 unspecified atom stereocenters. The van der Waals surface area contributed by atoms with Crippen LogP contribution in [0.15, 0.2) is 18.2 Å². The first-order chi connectivity index (χ1) is 9.76. The minimum Gasteiger partial charge on any atom is -0.497 e. The monoisotopic (exact) mass is 273 g/mol. The van der Waals surface area contributed by atoms with Crippen LogP contribution in [0.1, 0.15) is 56.2 Å². The van der Waals surface area contributed by atoms with Crippen LogP contribution in [0.2, 0.25) is 0 Å². The first-order valence-electron chi connectivity index (χ1n) is 8.16. The smallest absolute Gasteiger partial charge is 0.119 e. The van der Waals surface area contributed by atoms with Gasteiger partial charge < -0.3 is 10.1 Å². The highest BCUT2D eigenvalue weighted by atomic mass is 16.5. The molecule has 110 valence electrons. The molecule has 1 aromatic carbocycles. The van der Waals surface area contributed by atoms with Gasteiger partial charge in [0, 0.05) is 6.04 Å². The third-order valence-corrected chi connectivity index (χ3v) is 5.12. The van der Waals surface area contributed by atoms with Crippen molar-refractivity contribution in [1.29, 1.82) is 0 Å². The van der Waals surface area contributed by atoms with E-state index in [4.69, 9.17) is 4.74 Å². The van der Waals surface area contributed by atoms with Crippen molar-refractivity contribution in [2.45, 2.75) is 51.5 Å². The number of hydrogen-bond donors (Lipinski definition) is 1. The lowest BCUT2D eigenvalue weighted by molar-refractivity contribution is 0.393. The fourth-order valence-electron chi connectivity index (χ4n) is 3.95. The van der Waals surface area contributed by atoms with E-state index in [1.807, 2.05) is 0 Å². The van der Waals surface area contributed by atoms with Crippen LogP contribution in [-0.4, -0.2) is 13.7 Å². The first kappa shape index (κ1) is 13.9. The average Bonchev–Trinajstić information content (AvgIpc) is 2.90. The van der Waals surface area contributed by atoms with Crippen LogP contribution in [0.3, 0.4) is 0 Å². The van der Waals surface area contributed by atoms with Crippen molar-refractivity contribution in [2.24, 2.45) is 11.8 Å². The molecular weight excluding hydrogens is 246 g/mol. The maximum atomic E-state index is 5.35. The quantitative estimate of drug-likeness (QED) is 0.892. The Balaban J connectivity index is 1.64. The summed E-state index contributed by atoms with van der Waals surface area (Å²) in [6.45, 7) is 3.59. The van der Waals surface area contributed by atoms with E-state index >= 15 is 0 Å². The highest BCUT2D eigenvalue weighted by Gasteiger charge is 2.24. The van der Waals surface area contributed by atoms with E-state index in [0.717, 1.165) is 17.6 Å². The molecule has 1 aromatic rings. The van der Waals surface area contributed by atoms with Crippen molar-refractivity contribution in [3.8, 4) is 5.75 Å². The van der Waals surface area contributed by atoms with Gasteiger partial charge in [0.15, 0.2) is 0 Å². The van der Waals surface area contributed by atoms with Crippen molar-refractivity contribution in [3.63, 3.8) is 0 Å². The fourth-order valence-corrected chi connectivity index (χ4v) is 3.95. The van der Waals surface area contributed by atoms with E-state index in [0.29, 0.717) is 6.04 Å². The molecule has 0 heterocycles. The molecule has 1 N–H and O–H groups in total. The predicted molar refractivity (Wildman–Crippen MR) is 83.2 cm³/mol. The molecule has 0 aromatic heterocycles. The van der Waals surface area contributed by atoms with Crippen molar-refractivity contribution in [3.05, 3.63) is 29.3 Å². The summed E-state index contributed by atoms with van der Waals surface area (Å²) < 4.78 is 5.35. The van der Waals surface area contributed by atoms with Crippen molar-refractivity contribution in [1.82, 2.24) is 5.32 Å².